The first-order valence-corrected chi connectivity index (χ1v) is 11.0. The second kappa shape index (κ2) is 11.2. The Morgan fingerprint density at radius 1 is 1.13 bits per heavy atom. The zero-order valence-electron chi connectivity index (χ0n) is 16.9. The van der Waals surface area contributed by atoms with E-state index in [9.17, 15) is 9.59 Å². The summed E-state index contributed by atoms with van der Waals surface area (Å²) >= 11 is 1.57. The molecule has 3 rings (SSSR count). The second-order valence-electron chi connectivity index (χ2n) is 6.59. The van der Waals surface area contributed by atoms with Crippen LogP contribution >= 0.6 is 11.8 Å². The van der Waals surface area contributed by atoms with Gasteiger partial charge in [-0.1, -0.05) is 30.3 Å². The summed E-state index contributed by atoms with van der Waals surface area (Å²) in [4.78, 5) is 28.7. The molecule has 1 amide bonds. The van der Waals surface area contributed by atoms with Gasteiger partial charge < -0.3 is 10.1 Å². The molecular weight excluding hydrogens is 398 g/mol. The van der Waals surface area contributed by atoms with Gasteiger partial charge in [-0.05, 0) is 36.8 Å². The number of amides is 1. The van der Waals surface area contributed by atoms with Crippen LogP contribution in [0.1, 0.15) is 12.5 Å². The first kappa shape index (κ1) is 21.6. The fourth-order valence-electron chi connectivity index (χ4n) is 2.84. The predicted octanol–water partition coefficient (Wildman–Crippen LogP) is 3.36. The highest BCUT2D eigenvalue weighted by atomic mass is 32.2. The number of rotatable bonds is 10. The van der Waals surface area contributed by atoms with Gasteiger partial charge in [0, 0.05) is 30.5 Å². The minimum absolute atomic E-state index is 0.0389. The van der Waals surface area contributed by atoms with Crippen molar-refractivity contribution < 1.29 is 9.53 Å². The molecule has 1 heterocycles. The van der Waals surface area contributed by atoms with Crippen molar-refractivity contribution in [1.29, 1.82) is 0 Å². The quantitative estimate of drug-likeness (QED) is 0.541. The Labute approximate surface area is 180 Å². The lowest BCUT2D eigenvalue weighted by atomic mass is 10.1. The number of ether oxygens (including phenoxy) is 1. The molecule has 2 aromatic carbocycles. The lowest BCUT2D eigenvalue weighted by molar-refractivity contribution is -0.118. The van der Waals surface area contributed by atoms with Gasteiger partial charge in [-0.2, -0.15) is 0 Å². The molecule has 7 heteroatoms. The van der Waals surface area contributed by atoms with Gasteiger partial charge in [0.1, 0.15) is 5.75 Å². The van der Waals surface area contributed by atoms with Crippen molar-refractivity contribution in [2.45, 2.75) is 19.2 Å². The van der Waals surface area contributed by atoms with E-state index in [-0.39, 0.29) is 11.5 Å². The molecule has 0 atom stereocenters. The Hall–Kier alpha value is -3.06. The fourth-order valence-corrected chi connectivity index (χ4v) is 3.66. The van der Waals surface area contributed by atoms with Crippen molar-refractivity contribution >= 4 is 17.7 Å². The summed E-state index contributed by atoms with van der Waals surface area (Å²) in [7, 11) is 0. The normalized spacial score (nSPS) is 10.6. The van der Waals surface area contributed by atoms with Crippen molar-refractivity contribution in [3.8, 4) is 17.0 Å². The van der Waals surface area contributed by atoms with Crippen LogP contribution in [-0.2, 0) is 17.1 Å². The van der Waals surface area contributed by atoms with Gasteiger partial charge in [0.25, 0.3) is 5.56 Å². The van der Waals surface area contributed by atoms with Crippen LogP contribution in [0.2, 0.25) is 0 Å². The summed E-state index contributed by atoms with van der Waals surface area (Å²) in [5, 5.41) is 2.85. The van der Waals surface area contributed by atoms with E-state index in [0.717, 1.165) is 17.1 Å². The van der Waals surface area contributed by atoms with E-state index in [1.807, 2.05) is 61.5 Å². The minimum atomic E-state index is -0.151. The van der Waals surface area contributed by atoms with E-state index in [1.165, 1.54) is 22.5 Å². The van der Waals surface area contributed by atoms with Crippen LogP contribution in [0.15, 0.2) is 71.8 Å². The molecule has 0 aliphatic carbocycles. The average Bonchev–Trinajstić information content (AvgIpc) is 2.76. The summed E-state index contributed by atoms with van der Waals surface area (Å²) < 4.78 is 6.92. The average molecular weight is 424 g/mol. The smallest absolute Gasteiger partial charge is 0.253 e. The number of carbonyl (C=O) groups is 1. The fraction of sp³-hybridized carbons (Fsp3) is 0.261. The topological polar surface area (TPSA) is 73.2 Å². The number of nitrogens with zero attached hydrogens (tertiary/aromatic N) is 2. The van der Waals surface area contributed by atoms with Crippen molar-refractivity contribution in [3.05, 3.63) is 82.9 Å². The number of hydrogen-bond donors (Lipinski definition) is 1. The molecule has 0 bridgehead atoms. The van der Waals surface area contributed by atoms with E-state index in [2.05, 4.69) is 10.3 Å². The van der Waals surface area contributed by atoms with Crippen LogP contribution in [0, 0.1) is 0 Å². The zero-order valence-corrected chi connectivity index (χ0v) is 17.7. The van der Waals surface area contributed by atoms with Gasteiger partial charge in [0.2, 0.25) is 5.91 Å². The standard InChI is InChI=1S/C23H25N3O3S/c1-2-29-20-10-8-19(9-11-20)21-14-23(28)26(17-25-21)13-12-24-22(27)16-30-15-18-6-4-3-5-7-18/h3-11,14,17H,2,12-13,15-16H2,1H3,(H,24,27). The maximum Gasteiger partial charge on any atom is 0.253 e. The van der Waals surface area contributed by atoms with E-state index >= 15 is 0 Å². The molecule has 0 fully saturated rings. The third-order valence-corrected chi connectivity index (χ3v) is 5.36. The first-order valence-electron chi connectivity index (χ1n) is 9.84. The molecule has 156 valence electrons. The maximum atomic E-state index is 12.4. The minimum Gasteiger partial charge on any atom is -0.494 e. The number of carbonyl (C=O) groups excluding carboxylic acids is 1. The predicted molar refractivity (Wildman–Crippen MR) is 121 cm³/mol. The second-order valence-corrected chi connectivity index (χ2v) is 7.58. The Balaban J connectivity index is 1.45. The summed E-state index contributed by atoms with van der Waals surface area (Å²) in [5.41, 5.74) is 2.51. The third kappa shape index (κ3) is 6.49. The molecule has 1 aromatic heterocycles. The van der Waals surface area contributed by atoms with Gasteiger partial charge >= 0.3 is 0 Å². The first-order chi connectivity index (χ1) is 14.7. The summed E-state index contributed by atoms with van der Waals surface area (Å²) in [5.74, 6) is 1.93. The summed E-state index contributed by atoms with van der Waals surface area (Å²) in [6.07, 6.45) is 1.52. The van der Waals surface area contributed by atoms with Crippen molar-refractivity contribution in [3.63, 3.8) is 0 Å². The zero-order chi connectivity index (χ0) is 21.2. The van der Waals surface area contributed by atoms with Gasteiger partial charge in [0.05, 0.1) is 24.4 Å². The van der Waals surface area contributed by atoms with Crippen LogP contribution < -0.4 is 15.6 Å². The molecule has 3 aromatic rings. The Bertz CT molecular complexity index is 1000. The van der Waals surface area contributed by atoms with Crippen LogP contribution in [-0.4, -0.2) is 34.4 Å². The maximum absolute atomic E-state index is 12.4. The molecule has 6 nitrogen and oxygen atoms in total. The van der Waals surface area contributed by atoms with Gasteiger partial charge in [-0.15, -0.1) is 11.8 Å². The van der Waals surface area contributed by atoms with Crippen molar-refractivity contribution in [2.24, 2.45) is 0 Å². The van der Waals surface area contributed by atoms with E-state index in [1.54, 1.807) is 11.8 Å². The molecule has 30 heavy (non-hydrogen) atoms. The summed E-state index contributed by atoms with van der Waals surface area (Å²) in [6, 6.07) is 19.0. The van der Waals surface area contributed by atoms with Crippen LogP contribution in [0.25, 0.3) is 11.3 Å². The van der Waals surface area contributed by atoms with Gasteiger partial charge in [-0.3, -0.25) is 14.2 Å². The molecule has 0 unspecified atom stereocenters. The van der Waals surface area contributed by atoms with Crippen LogP contribution in [0.3, 0.4) is 0 Å². The van der Waals surface area contributed by atoms with E-state index in [0.29, 0.717) is 31.1 Å². The lowest BCUT2D eigenvalue weighted by Crippen LogP contribution is -2.31. The largest absolute Gasteiger partial charge is 0.494 e. The van der Waals surface area contributed by atoms with Gasteiger partial charge in [0.15, 0.2) is 0 Å². The Morgan fingerprint density at radius 2 is 1.90 bits per heavy atom. The number of aromatic nitrogens is 2. The van der Waals surface area contributed by atoms with Crippen LogP contribution in [0.5, 0.6) is 5.75 Å². The van der Waals surface area contributed by atoms with Crippen molar-refractivity contribution in [2.75, 3.05) is 18.9 Å². The molecule has 0 spiro atoms. The van der Waals surface area contributed by atoms with Crippen LogP contribution in [0.4, 0.5) is 0 Å². The Morgan fingerprint density at radius 3 is 2.60 bits per heavy atom. The number of hydrogen-bond acceptors (Lipinski definition) is 5. The highest BCUT2D eigenvalue weighted by molar-refractivity contribution is 7.99. The number of nitrogens with one attached hydrogen (secondary N) is 1. The molecule has 0 radical (unpaired) electrons. The molecule has 0 saturated carbocycles. The number of thioether (sulfide) groups is 1. The third-order valence-electron chi connectivity index (χ3n) is 4.36. The van der Waals surface area contributed by atoms with Gasteiger partial charge in [-0.25, -0.2) is 4.98 Å². The molecule has 0 aliphatic heterocycles. The molecule has 0 aliphatic rings. The van der Waals surface area contributed by atoms with E-state index in [4.69, 9.17) is 4.74 Å². The highest BCUT2D eigenvalue weighted by Gasteiger charge is 2.05. The lowest BCUT2D eigenvalue weighted by Gasteiger charge is -2.09. The molecule has 1 N–H and O–H groups in total. The summed E-state index contributed by atoms with van der Waals surface area (Å²) in [6.45, 7) is 3.30. The highest BCUT2D eigenvalue weighted by Crippen LogP contribution is 2.19. The monoisotopic (exact) mass is 423 g/mol. The molecular formula is C23H25N3O3S. The molecule has 0 saturated heterocycles. The Kier molecular flexibility index (Phi) is 8.09. The van der Waals surface area contributed by atoms with Crippen molar-refractivity contribution in [1.82, 2.24) is 14.9 Å². The SMILES string of the molecule is CCOc1ccc(-c2cc(=O)n(CCNC(=O)CSCc3ccccc3)cn2)cc1. The van der Waals surface area contributed by atoms with E-state index < -0.39 is 0 Å². The number of benzene rings is 2.